The molecule has 2 heterocycles. The minimum absolute atomic E-state index is 0.268. The standard InChI is InChI=1S/C28H24Cl3N5O3/c1-3-38-24-13-18(5-11-23(24)39-14-17-4-10-21(30)22(31)12-17)26-25(16(2)34-28-32-15-33-36(26)28)27(37)35-20-8-6-19(29)7-9-20/h4-13,15,26H,3,14H2,1-2H3,(H,35,37)(H,32,33,34)/t26-/m0/s1. The molecule has 11 heteroatoms. The molecule has 2 N–H and O–H groups in total. The van der Waals surface area contributed by atoms with Crippen LogP contribution in [0, 0.1) is 0 Å². The molecule has 0 unspecified atom stereocenters. The third kappa shape index (κ3) is 5.83. The molecule has 1 atom stereocenters. The van der Waals surface area contributed by atoms with Gasteiger partial charge in [0.15, 0.2) is 11.5 Å². The van der Waals surface area contributed by atoms with E-state index in [1.165, 1.54) is 6.33 Å². The highest BCUT2D eigenvalue weighted by Crippen LogP contribution is 2.39. The lowest BCUT2D eigenvalue weighted by molar-refractivity contribution is -0.113. The molecule has 4 aromatic rings. The molecule has 0 aliphatic carbocycles. The second-order valence-corrected chi connectivity index (χ2v) is 9.98. The molecule has 5 rings (SSSR count). The summed E-state index contributed by atoms with van der Waals surface area (Å²) in [5, 5.41) is 12.1. The molecule has 1 aliphatic rings. The minimum Gasteiger partial charge on any atom is -0.490 e. The average Bonchev–Trinajstić information content (AvgIpc) is 3.38. The Morgan fingerprint density at radius 2 is 1.79 bits per heavy atom. The molecule has 1 aliphatic heterocycles. The van der Waals surface area contributed by atoms with Crippen LogP contribution in [0.2, 0.25) is 15.1 Å². The van der Waals surface area contributed by atoms with Gasteiger partial charge in [0.05, 0.1) is 22.2 Å². The van der Waals surface area contributed by atoms with E-state index < -0.39 is 6.04 Å². The number of hydrogen-bond acceptors (Lipinski definition) is 6. The Bertz CT molecular complexity index is 1550. The number of aromatic nitrogens is 3. The van der Waals surface area contributed by atoms with Gasteiger partial charge in [-0.1, -0.05) is 46.9 Å². The molecule has 0 bridgehead atoms. The molecule has 1 amide bonds. The molecule has 0 saturated heterocycles. The molecule has 0 fully saturated rings. The number of carbonyl (C=O) groups excluding carboxylic acids is 1. The van der Waals surface area contributed by atoms with Crippen LogP contribution in [0.15, 0.2) is 78.3 Å². The molecular formula is C28H24Cl3N5O3. The Morgan fingerprint density at radius 3 is 2.54 bits per heavy atom. The molecule has 0 spiro atoms. The summed E-state index contributed by atoms with van der Waals surface area (Å²) in [6.45, 7) is 4.42. The quantitative estimate of drug-likeness (QED) is 0.229. The largest absolute Gasteiger partial charge is 0.490 e. The summed E-state index contributed by atoms with van der Waals surface area (Å²) in [4.78, 5) is 17.9. The van der Waals surface area contributed by atoms with Gasteiger partial charge < -0.3 is 20.1 Å². The van der Waals surface area contributed by atoms with Crippen LogP contribution in [0.25, 0.3) is 0 Å². The fourth-order valence-electron chi connectivity index (χ4n) is 4.30. The van der Waals surface area contributed by atoms with E-state index in [0.29, 0.717) is 56.1 Å². The monoisotopic (exact) mass is 583 g/mol. The first kappa shape index (κ1) is 26.9. The molecule has 0 radical (unpaired) electrons. The lowest BCUT2D eigenvalue weighted by atomic mass is 9.94. The molecule has 200 valence electrons. The van der Waals surface area contributed by atoms with Gasteiger partial charge in [-0.3, -0.25) is 4.79 Å². The molecule has 8 nitrogen and oxygen atoms in total. The first-order valence-corrected chi connectivity index (χ1v) is 13.2. The highest BCUT2D eigenvalue weighted by Gasteiger charge is 2.34. The van der Waals surface area contributed by atoms with Crippen molar-refractivity contribution in [2.75, 3.05) is 17.2 Å². The van der Waals surface area contributed by atoms with Crippen molar-refractivity contribution >= 4 is 52.3 Å². The van der Waals surface area contributed by atoms with E-state index >= 15 is 0 Å². The van der Waals surface area contributed by atoms with Gasteiger partial charge in [0.1, 0.15) is 19.0 Å². The first-order chi connectivity index (χ1) is 18.8. The van der Waals surface area contributed by atoms with E-state index in [1.54, 1.807) is 41.1 Å². The van der Waals surface area contributed by atoms with Crippen molar-refractivity contribution in [2.24, 2.45) is 0 Å². The Balaban J connectivity index is 1.47. The summed E-state index contributed by atoms with van der Waals surface area (Å²) in [5.74, 6) is 1.32. The normalized spacial score (nSPS) is 14.4. The van der Waals surface area contributed by atoms with E-state index in [-0.39, 0.29) is 12.5 Å². The third-order valence-electron chi connectivity index (χ3n) is 6.10. The fourth-order valence-corrected chi connectivity index (χ4v) is 4.74. The number of anilines is 2. The summed E-state index contributed by atoms with van der Waals surface area (Å²) < 4.78 is 13.7. The van der Waals surface area contributed by atoms with Crippen LogP contribution in [0.4, 0.5) is 11.6 Å². The van der Waals surface area contributed by atoms with Crippen molar-refractivity contribution in [3.8, 4) is 11.5 Å². The van der Waals surface area contributed by atoms with Gasteiger partial charge in [0, 0.05) is 16.4 Å². The van der Waals surface area contributed by atoms with Crippen LogP contribution >= 0.6 is 34.8 Å². The number of fused-ring (bicyclic) bond motifs is 1. The highest BCUT2D eigenvalue weighted by molar-refractivity contribution is 6.42. The predicted octanol–water partition coefficient (Wildman–Crippen LogP) is 7.14. The van der Waals surface area contributed by atoms with E-state index in [4.69, 9.17) is 44.3 Å². The SMILES string of the molecule is CCOc1cc([C@H]2C(C(=O)Nc3ccc(Cl)cc3)=C(C)Nc3ncnn32)ccc1OCc1ccc(Cl)c(Cl)c1. The summed E-state index contributed by atoms with van der Waals surface area (Å²) in [5.41, 5.74) is 3.39. The van der Waals surface area contributed by atoms with Crippen molar-refractivity contribution < 1.29 is 14.3 Å². The number of ether oxygens (including phenoxy) is 2. The molecule has 39 heavy (non-hydrogen) atoms. The van der Waals surface area contributed by atoms with E-state index in [1.807, 2.05) is 38.1 Å². The average molecular weight is 585 g/mol. The minimum atomic E-state index is -0.570. The van der Waals surface area contributed by atoms with Crippen molar-refractivity contribution in [2.45, 2.75) is 26.5 Å². The Morgan fingerprint density at radius 1 is 1.00 bits per heavy atom. The predicted molar refractivity (Wildman–Crippen MR) is 153 cm³/mol. The number of benzene rings is 3. The number of nitrogens with one attached hydrogen (secondary N) is 2. The number of allylic oxidation sites excluding steroid dienone is 1. The number of hydrogen-bond donors (Lipinski definition) is 2. The number of carbonyl (C=O) groups is 1. The lowest BCUT2D eigenvalue weighted by Crippen LogP contribution is -2.31. The Kier molecular flexibility index (Phi) is 7.97. The van der Waals surface area contributed by atoms with E-state index in [9.17, 15) is 4.79 Å². The maximum absolute atomic E-state index is 13.6. The van der Waals surface area contributed by atoms with Crippen LogP contribution in [-0.2, 0) is 11.4 Å². The molecule has 0 saturated carbocycles. The molecule has 1 aromatic heterocycles. The van der Waals surface area contributed by atoms with Crippen LogP contribution < -0.4 is 20.1 Å². The topological polar surface area (TPSA) is 90.3 Å². The number of halogens is 3. The van der Waals surface area contributed by atoms with Gasteiger partial charge in [0.25, 0.3) is 5.91 Å². The number of amides is 1. The third-order valence-corrected chi connectivity index (χ3v) is 7.09. The smallest absolute Gasteiger partial charge is 0.255 e. The number of rotatable bonds is 8. The van der Waals surface area contributed by atoms with Gasteiger partial charge in [-0.05, 0) is 73.5 Å². The van der Waals surface area contributed by atoms with E-state index in [2.05, 4.69) is 20.7 Å². The van der Waals surface area contributed by atoms with Gasteiger partial charge >= 0.3 is 0 Å². The van der Waals surface area contributed by atoms with Crippen LogP contribution in [0.5, 0.6) is 11.5 Å². The summed E-state index contributed by atoms with van der Waals surface area (Å²) in [6, 6.07) is 17.3. The second kappa shape index (κ2) is 11.6. The zero-order valence-electron chi connectivity index (χ0n) is 21.0. The summed E-state index contributed by atoms with van der Waals surface area (Å²) in [6.07, 6.45) is 1.45. The first-order valence-electron chi connectivity index (χ1n) is 12.1. The van der Waals surface area contributed by atoms with Gasteiger partial charge in [0.2, 0.25) is 5.95 Å². The van der Waals surface area contributed by atoms with Crippen molar-refractivity contribution in [3.63, 3.8) is 0 Å². The fraction of sp³-hybridized carbons (Fsp3) is 0.179. The molecular weight excluding hydrogens is 561 g/mol. The summed E-state index contributed by atoms with van der Waals surface area (Å²) in [7, 11) is 0. The second-order valence-electron chi connectivity index (χ2n) is 8.73. The zero-order valence-corrected chi connectivity index (χ0v) is 23.3. The Labute approximate surface area is 240 Å². The number of nitrogens with zero attached hydrogens (tertiary/aromatic N) is 3. The van der Waals surface area contributed by atoms with Crippen LogP contribution in [0.3, 0.4) is 0 Å². The zero-order chi connectivity index (χ0) is 27.5. The van der Waals surface area contributed by atoms with Crippen molar-refractivity contribution in [1.82, 2.24) is 14.8 Å². The summed E-state index contributed by atoms with van der Waals surface area (Å²) >= 11 is 18.2. The van der Waals surface area contributed by atoms with Gasteiger partial charge in [-0.25, -0.2) is 4.68 Å². The maximum atomic E-state index is 13.6. The van der Waals surface area contributed by atoms with E-state index in [0.717, 1.165) is 11.1 Å². The maximum Gasteiger partial charge on any atom is 0.255 e. The molecule has 3 aromatic carbocycles. The Hall–Kier alpha value is -3.72. The van der Waals surface area contributed by atoms with Gasteiger partial charge in [-0.2, -0.15) is 10.1 Å². The van der Waals surface area contributed by atoms with Crippen LogP contribution in [-0.4, -0.2) is 27.3 Å². The van der Waals surface area contributed by atoms with Crippen molar-refractivity contribution in [1.29, 1.82) is 0 Å². The van der Waals surface area contributed by atoms with Gasteiger partial charge in [-0.15, -0.1) is 0 Å². The highest BCUT2D eigenvalue weighted by atomic mass is 35.5. The van der Waals surface area contributed by atoms with Crippen LogP contribution in [0.1, 0.15) is 31.0 Å². The van der Waals surface area contributed by atoms with Crippen molar-refractivity contribution in [3.05, 3.63) is 104 Å². The lowest BCUT2D eigenvalue weighted by Gasteiger charge is -2.29.